The Bertz CT molecular complexity index is 1720. The van der Waals surface area contributed by atoms with Gasteiger partial charge in [0.2, 0.25) is 0 Å². The van der Waals surface area contributed by atoms with Gasteiger partial charge in [0, 0.05) is 30.8 Å². The van der Waals surface area contributed by atoms with Crippen LogP contribution in [0.1, 0.15) is 105 Å². The highest BCUT2D eigenvalue weighted by Gasteiger charge is 2.71. The predicted octanol–water partition coefficient (Wildman–Crippen LogP) is 0.0423. The molecule has 4 saturated carbocycles. The van der Waals surface area contributed by atoms with Gasteiger partial charge in [-0.1, -0.05) is 13.8 Å². The number of fused-ring (bicyclic) bond motifs is 5. The first-order valence-electron chi connectivity index (χ1n) is 24.5. The molecule has 4 aliphatic carbocycles. The van der Waals surface area contributed by atoms with E-state index in [1.807, 2.05) is 13.8 Å². The minimum absolute atomic E-state index is 0.0188. The molecule has 19 nitrogen and oxygen atoms in total. The molecule has 0 amide bonds. The third kappa shape index (κ3) is 8.64. The summed E-state index contributed by atoms with van der Waals surface area (Å²) in [4.78, 5) is 12.0. The number of cyclic esters (lactones) is 1. The lowest BCUT2D eigenvalue weighted by molar-refractivity contribution is -0.355. The Balaban J connectivity index is 0.737. The number of hydrogen-bond acceptors (Lipinski definition) is 19. The Labute approximate surface area is 385 Å². The van der Waals surface area contributed by atoms with Crippen molar-refractivity contribution in [1.29, 1.82) is 0 Å². The second-order valence-electron chi connectivity index (χ2n) is 21.6. The molecule has 14 unspecified atom stereocenters. The normalized spacial score (nSPS) is 55.3. The fourth-order valence-corrected chi connectivity index (χ4v) is 14.3. The Morgan fingerprint density at radius 3 is 1.77 bits per heavy atom. The van der Waals surface area contributed by atoms with Gasteiger partial charge < -0.3 is 88.6 Å². The van der Waals surface area contributed by atoms with Crippen molar-refractivity contribution < 1.29 is 93.4 Å². The van der Waals surface area contributed by atoms with Gasteiger partial charge >= 0.3 is 5.97 Å². The monoisotopic (exact) mass is 942 g/mol. The van der Waals surface area contributed by atoms with Crippen LogP contribution in [0.4, 0.5) is 0 Å². The van der Waals surface area contributed by atoms with Crippen molar-refractivity contribution in [3.05, 3.63) is 11.6 Å². The molecule has 0 aromatic rings. The molecule has 9 N–H and O–H groups in total. The molecule has 0 spiro atoms. The van der Waals surface area contributed by atoms with Crippen molar-refractivity contribution in [3.63, 3.8) is 0 Å². The predicted molar refractivity (Wildman–Crippen MR) is 225 cm³/mol. The van der Waals surface area contributed by atoms with E-state index in [1.165, 1.54) is 0 Å². The van der Waals surface area contributed by atoms with Gasteiger partial charge in [-0.05, 0) is 107 Å². The molecule has 0 bridgehead atoms. The summed E-state index contributed by atoms with van der Waals surface area (Å²) in [6.07, 6.45) is -10.8. The average Bonchev–Trinajstić information content (AvgIpc) is 3.82. The van der Waals surface area contributed by atoms with E-state index < -0.39 is 128 Å². The van der Waals surface area contributed by atoms with E-state index in [1.54, 1.807) is 19.9 Å². The van der Waals surface area contributed by atoms with E-state index in [4.69, 9.17) is 42.6 Å². The summed E-state index contributed by atoms with van der Waals surface area (Å²) < 4.78 is 53.9. The highest BCUT2D eigenvalue weighted by molar-refractivity contribution is 5.85. The van der Waals surface area contributed by atoms with Gasteiger partial charge in [0.15, 0.2) is 25.2 Å². The van der Waals surface area contributed by atoms with Crippen LogP contribution in [-0.4, -0.2) is 187 Å². The maximum absolute atomic E-state index is 12.6. The van der Waals surface area contributed by atoms with E-state index in [0.29, 0.717) is 18.8 Å². The van der Waals surface area contributed by atoms with Crippen LogP contribution in [0.25, 0.3) is 0 Å². The van der Waals surface area contributed by atoms with Gasteiger partial charge in [-0.25, -0.2) is 4.79 Å². The number of aliphatic hydroxyl groups is 9. The Morgan fingerprint density at radius 1 is 0.652 bits per heavy atom. The summed E-state index contributed by atoms with van der Waals surface area (Å²) in [7, 11) is 0. The largest absolute Gasteiger partial charge is 0.458 e. The standard InChI is InChI=1S/C47H74O19/c1-20-41(64-36-16-30(50)42(21(2)60-36)65-37-17-31(51)43(22(3)61-37)66-44-40(56)39(55)38(54)32(18-48)63-44)29(49)15-35(59-20)62-25-8-10-45(4)24(13-25)6-7-27-28(45)14-33(52)46(5)26(9-11-47(27,46)57)23-12-34(53)58-19-23/h12,20-22,24-33,35-44,48-52,54-57H,6-11,13-19H2,1-5H3/t20?,21?,22?,24?,25?,26?,27?,28?,29-,30-,31-,32?,33?,35+,36+,37+,38-,39-,40?,41-,42-,43-,44+,45?,46?,47?/m1/s1. The van der Waals surface area contributed by atoms with Gasteiger partial charge in [0.25, 0.3) is 0 Å². The third-order valence-electron chi connectivity index (χ3n) is 18.1. The van der Waals surface area contributed by atoms with Crippen LogP contribution in [0.5, 0.6) is 0 Å². The van der Waals surface area contributed by atoms with Gasteiger partial charge in [-0.15, -0.1) is 0 Å². The maximum Gasteiger partial charge on any atom is 0.331 e. The third-order valence-corrected chi connectivity index (χ3v) is 18.1. The number of rotatable bonds is 10. The second-order valence-corrected chi connectivity index (χ2v) is 21.6. The molecule has 9 aliphatic rings. The number of esters is 1. The quantitative estimate of drug-likeness (QED) is 0.103. The summed E-state index contributed by atoms with van der Waals surface area (Å²) in [5, 5.41) is 98.4. The molecule has 5 aliphatic heterocycles. The Morgan fingerprint density at radius 2 is 1.23 bits per heavy atom. The fraction of sp³-hybridized carbons (Fsp3) is 0.936. The Hall–Kier alpha value is -1.47. The first kappa shape index (κ1) is 49.5. The lowest BCUT2D eigenvalue weighted by atomic mass is 9.42. The van der Waals surface area contributed by atoms with E-state index in [0.717, 1.165) is 44.1 Å². The van der Waals surface area contributed by atoms with Crippen molar-refractivity contribution >= 4 is 5.97 Å². The maximum atomic E-state index is 12.6. The molecule has 66 heavy (non-hydrogen) atoms. The molecule has 0 radical (unpaired) electrons. The minimum Gasteiger partial charge on any atom is -0.458 e. The molecule has 4 saturated heterocycles. The zero-order valence-corrected chi connectivity index (χ0v) is 38.7. The van der Waals surface area contributed by atoms with E-state index in [2.05, 4.69) is 6.92 Å². The number of carbonyl (C=O) groups excluding carboxylic acids is 1. The van der Waals surface area contributed by atoms with Crippen LogP contribution in [0, 0.1) is 34.5 Å². The van der Waals surface area contributed by atoms with Crippen molar-refractivity contribution in [2.45, 2.75) is 228 Å². The molecule has 8 fully saturated rings. The molecule has 9 rings (SSSR count). The van der Waals surface area contributed by atoms with Crippen molar-refractivity contribution in [1.82, 2.24) is 0 Å². The lowest BCUT2D eigenvalue weighted by Crippen LogP contribution is -2.67. The topological polar surface area (TPSA) is 282 Å². The highest BCUT2D eigenvalue weighted by atomic mass is 16.8. The highest BCUT2D eigenvalue weighted by Crippen LogP contribution is 2.70. The summed E-state index contributed by atoms with van der Waals surface area (Å²) in [6, 6.07) is 0. The smallest absolute Gasteiger partial charge is 0.331 e. The summed E-state index contributed by atoms with van der Waals surface area (Å²) in [5.74, 6) is 0.0825. The first-order chi connectivity index (χ1) is 31.2. The molecule has 376 valence electrons. The number of carbonyl (C=O) groups is 1. The zero-order valence-electron chi connectivity index (χ0n) is 38.7. The number of aliphatic hydroxyl groups excluding tert-OH is 8. The zero-order chi connectivity index (χ0) is 47.2. The SMILES string of the molecule is CC1O[C@@H](OC2CCC3(C)C(CCC4C3CC(O)C3(C)C(C5=CC(=O)OC5)CCC43O)C2)C[C@@H](O)[C@@H]1O[C@H]1C[C@@H](O)[C@H](O[C@H]2C[C@@H](O)[C@H](O[C@@H]3OC(CO)[C@@H](O)[C@@H](O)C3O)C(C)O2)C(C)O1. The summed E-state index contributed by atoms with van der Waals surface area (Å²) >= 11 is 0. The minimum atomic E-state index is -1.65. The van der Waals surface area contributed by atoms with Crippen LogP contribution < -0.4 is 0 Å². The lowest BCUT2D eigenvalue weighted by Gasteiger charge is -2.65. The average molecular weight is 943 g/mol. The molecule has 0 aromatic carbocycles. The second kappa shape index (κ2) is 18.9. The molecule has 0 aromatic heterocycles. The van der Waals surface area contributed by atoms with Gasteiger partial charge in [0.05, 0.1) is 61.0 Å². The van der Waals surface area contributed by atoms with Crippen LogP contribution in [0.3, 0.4) is 0 Å². The van der Waals surface area contributed by atoms with E-state index >= 15 is 0 Å². The van der Waals surface area contributed by atoms with E-state index in [-0.39, 0.29) is 61.1 Å². The molecule has 19 heteroatoms. The summed E-state index contributed by atoms with van der Waals surface area (Å²) in [6.45, 7) is 9.11. The van der Waals surface area contributed by atoms with Gasteiger partial charge in [-0.2, -0.15) is 0 Å². The van der Waals surface area contributed by atoms with Crippen LogP contribution in [0.15, 0.2) is 11.6 Å². The van der Waals surface area contributed by atoms with Crippen molar-refractivity contribution in [2.24, 2.45) is 34.5 Å². The molecular formula is C47H74O19. The molecular weight excluding hydrogens is 868 g/mol. The number of ether oxygens (including phenoxy) is 9. The fourth-order valence-electron chi connectivity index (χ4n) is 14.3. The van der Waals surface area contributed by atoms with E-state index in [9.17, 15) is 50.8 Å². The Kier molecular flexibility index (Phi) is 14.2. The molecule has 5 heterocycles. The van der Waals surface area contributed by atoms with Gasteiger partial charge in [0.1, 0.15) is 49.3 Å². The van der Waals surface area contributed by atoms with Crippen LogP contribution in [-0.2, 0) is 47.4 Å². The first-order valence-corrected chi connectivity index (χ1v) is 24.5. The van der Waals surface area contributed by atoms with Crippen LogP contribution >= 0.6 is 0 Å². The van der Waals surface area contributed by atoms with Crippen molar-refractivity contribution in [2.75, 3.05) is 13.2 Å². The summed E-state index contributed by atoms with van der Waals surface area (Å²) in [5.41, 5.74) is -0.989. The molecule has 26 atom stereocenters. The number of hydrogen-bond donors (Lipinski definition) is 9. The van der Waals surface area contributed by atoms with Gasteiger partial charge in [-0.3, -0.25) is 0 Å². The van der Waals surface area contributed by atoms with Crippen LogP contribution in [0.2, 0.25) is 0 Å². The van der Waals surface area contributed by atoms with Crippen molar-refractivity contribution in [3.8, 4) is 0 Å².